The van der Waals surface area contributed by atoms with Gasteiger partial charge in [0.05, 0.1) is 13.2 Å². The Hall–Kier alpha value is -1.27. The molecule has 0 aliphatic rings. The van der Waals surface area contributed by atoms with E-state index in [4.69, 9.17) is 10.5 Å². The van der Waals surface area contributed by atoms with Crippen LogP contribution in [0.3, 0.4) is 0 Å². The Morgan fingerprint density at radius 1 is 1.26 bits per heavy atom. The van der Waals surface area contributed by atoms with E-state index in [-0.39, 0.29) is 12.6 Å². The van der Waals surface area contributed by atoms with Gasteiger partial charge in [0.1, 0.15) is 12.4 Å². The number of benzene rings is 1. The van der Waals surface area contributed by atoms with Gasteiger partial charge in [-0.25, -0.2) is 0 Å². The third-order valence-corrected chi connectivity index (χ3v) is 2.35. The molecular weight excluding hydrogens is 259 g/mol. The molecule has 0 aromatic heterocycles. The molecule has 0 unspecified atom stereocenters. The summed E-state index contributed by atoms with van der Waals surface area (Å²) < 4.78 is 45.2. The van der Waals surface area contributed by atoms with E-state index in [1.54, 1.807) is 6.07 Å². The highest BCUT2D eigenvalue weighted by molar-refractivity contribution is 5.30. The van der Waals surface area contributed by atoms with Gasteiger partial charge in [0.15, 0.2) is 0 Å². The van der Waals surface area contributed by atoms with E-state index in [1.165, 1.54) is 0 Å². The quantitative estimate of drug-likeness (QED) is 0.779. The summed E-state index contributed by atoms with van der Waals surface area (Å²) in [6, 6.07) is 7.24. The highest BCUT2D eigenvalue weighted by atomic mass is 19.4. The second-order valence-corrected chi connectivity index (χ2v) is 4.23. The van der Waals surface area contributed by atoms with Crippen molar-refractivity contribution in [3.63, 3.8) is 0 Å². The summed E-state index contributed by atoms with van der Waals surface area (Å²) in [6.07, 6.45) is -3.87. The molecule has 0 amide bonds. The fourth-order valence-electron chi connectivity index (χ4n) is 1.43. The predicted octanol–water partition coefficient (Wildman–Crippen LogP) is 3.05. The monoisotopic (exact) mass is 277 g/mol. The first-order valence-electron chi connectivity index (χ1n) is 6.01. The molecule has 0 aliphatic heterocycles. The number of hydrogen-bond acceptors (Lipinski definition) is 3. The lowest BCUT2D eigenvalue weighted by Crippen LogP contribution is -2.18. The molecule has 1 rings (SSSR count). The third kappa shape index (κ3) is 7.03. The maximum absolute atomic E-state index is 11.8. The molecule has 1 atom stereocenters. The van der Waals surface area contributed by atoms with Gasteiger partial charge in [-0.1, -0.05) is 12.1 Å². The molecule has 0 fully saturated rings. The zero-order valence-electron chi connectivity index (χ0n) is 10.7. The average molecular weight is 277 g/mol. The highest BCUT2D eigenvalue weighted by Crippen LogP contribution is 2.18. The molecule has 3 nitrogen and oxygen atoms in total. The van der Waals surface area contributed by atoms with Gasteiger partial charge in [-0.3, -0.25) is 0 Å². The maximum atomic E-state index is 11.8. The van der Waals surface area contributed by atoms with Crippen LogP contribution in [0.5, 0.6) is 5.75 Å². The van der Waals surface area contributed by atoms with E-state index < -0.39 is 12.8 Å². The van der Waals surface area contributed by atoms with Crippen LogP contribution in [0.25, 0.3) is 0 Å². The third-order valence-electron chi connectivity index (χ3n) is 2.35. The van der Waals surface area contributed by atoms with Crippen molar-refractivity contribution in [3.05, 3.63) is 29.8 Å². The van der Waals surface area contributed by atoms with Crippen LogP contribution in [-0.4, -0.2) is 26.0 Å². The summed E-state index contributed by atoms with van der Waals surface area (Å²) in [5.74, 6) is 0.658. The second kappa shape index (κ2) is 7.35. The van der Waals surface area contributed by atoms with Gasteiger partial charge < -0.3 is 15.2 Å². The zero-order chi connectivity index (χ0) is 14.3. The van der Waals surface area contributed by atoms with Crippen molar-refractivity contribution in [2.75, 3.05) is 19.8 Å². The Morgan fingerprint density at radius 2 is 2.00 bits per heavy atom. The lowest BCUT2D eigenvalue weighted by atomic mass is 10.1. The average Bonchev–Trinajstić information content (AvgIpc) is 2.32. The molecule has 1 aromatic rings. The molecule has 0 radical (unpaired) electrons. The number of alkyl halides is 3. The molecule has 0 saturated heterocycles. The van der Waals surface area contributed by atoms with Gasteiger partial charge in [0.25, 0.3) is 0 Å². The zero-order valence-corrected chi connectivity index (χ0v) is 10.7. The van der Waals surface area contributed by atoms with Gasteiger partial charge in [-0.05, 0) is 24.6 Å². The van der Waals surface area contributed by atoms with Gasteiger partial charge >= 0.3 is 6.18 Å². The number of hydrogen-bond donors (Lipinski definition) is 1. The van der Waals surface area contributed by atoms with E-state index in [0.717, 1.165) is 5.56 Å². The topological polar surface area (TPSA) is 44.5 Å². The Bertz CT molecular complexity index is 380. The van der Waals surface area contributed by atoms with Crippen LogP contribution >= 0.6 is 0 Å². The van der Waals surface area contributed by atoms with Crippen LogP contribution in [0.1, 0.15) is 24.9 Å². The second-order valence-electron chi connectivity index (χ2n) is 4.23. The molecule has 0 spiro atoms. The van der Waals surface area contributed by atoms with Gasteiger partial charge in [-0.15, -0.1) is 0 Å². The van der Waals surface area contributed by atoms with E-state index >= 15 is 0 Å². The fraction of sp³-hybridized carbons (Fsp3) is 0.538. The molecule has 1 aromatic carbocycles. The molecule has 0 heterocycles. The van der Waals surface area contributed by atoms with E-state index in [9.17, 15) is 13.2 Å². The molecule has 0 aliphatic carbocycles. The summed E-state index contributed by atoms with van der Waals surface area (Å²) >= 11 is 0. The normalized spacial score (nSPS) is 13.3. The van der Waals surface area contributed by atoms with Crippen molar-refractivity contribution in [2.24, 2.45) is 5.73 Å². The van der Waals surface area contributed by atoms with Crippen molar-refractivity contribution in [1.82, 2.24) is 0 Å². The molecule has 0 bridgehead atoms. The first-order valence-corrected chi connectivity index (χ1v) is 6.01. The van der Waals surface area contributed by atoms with E-state index in [2.05, 4.69) is 4.74 Å². The first-order chi connectivity index (χ1) is 8.88. The summed E-state index contributed by atoms with van der Waals surface area (Å²) in [6.45, 7) is 0.976. The molecule has 0 saturated carbocycles. The Balaban J connectivity index is 2.21. The van der Waals surface area contributed by atoms with Crippen LogP contribution in [0.2, 0.25) is 0 Å². The summed E-state index contributed by atoms with van der Waals surface area (Å²) in [5.41, 5.74) is 6.69. The minimum Gasteiger partial charge on any atom is -0.493 e. The van der Waals surface area contributed by atoms with Gasteiger partial charge in [0, 0.05) is 12.5 Å². The molecule has 108 valence electrons. The predicted molar refractivity (Wildman–Crippen MR) is 66.0 cm³/mol. The SMILES string of the molecule is C[C@H](N)c1cccc(OCCCOCC(F)(F)F)c1. The molecular formula is C13H18F3NO2. The molecule has 6 heteroatoms. The van der Waals surface area contributed by atoms with Crippen LogP contribution in [-0.2, 0) is 4.74 Å². The Labute approximate surface area is 110 Å². The first kappa shape index (κ1) is 15.8. The van der Waals surface area contributed by atoms with Crippen molar-refractivity contribution in [3.8, 4) is 5.75 Å². The summed E-state index contributed by atoms with van der Waals surface area (Å²) in [4.78, 5) is 0. The summed E-state index contributed by atoms with van der Waals surface area (Å²) in [5, 5.41) is 0. The standard InChI is InChI=1S/C13H18F3NO2/c1-10(17)11-4-2-5-12(8-11)19-7-3-6-18-9-13(14,15)16/h2,4-5,8,10H,3,6-7,9,17H2,1H3/t10-/m0/s1. The van der Waals surface area contributed by atoms with Crippen LogP contribution in [0.4, 0.5) is 13.2 Å². The fourth-order valence-corrected chi connectivity index (χ4v) is 1.43. The van der Waals surface area contributed by atoms with Crippen LogP contribution in [0, 0.1) is 0 Å². The minimum absolute atomic E-state index is 0.0203. The number of nitrogens with two attached hydrogens (primary N) is 1. The largest absolute Gasteiger partial charge is 0.493 e. The highest BCUT2D eigenvalue weighted by Gasteiger charge is 2.27. The van der Waals surface area contributed by atoms with E-state index in [0.29, 0.717) is 18.8 Å². The van der Waals surface area contributed by atoms with Crippen molar-refractivity contribution in [2.45, 2.75) is 25.6 Å². The van der Waals surface area contributed by atoms with Gasteiger partial charge in [0.2, 0.25) is 0 Å². The van der Waals surface area contributed by atoms with Crippen LogP contribution in [0.15, 0.2) is 24.3 Å². The molecule has 2 N–H and O–H groups in total. The smallest absolute Gasteiger partial charge is 0.411 e. The maximum Gasteiger partial charge on any atom is 0.411 e. The molecule has 19 heavy (non-hydrogen) atoms. The summed E-state index contributed by atoms with van der Waals surface area (Å²) in [7, 11) is 0. The van der Waals surface area contributed by atoms with Gasteiger partial charge in [-0.2, -0.15) is 13.2 Å². The number of halogens is 3. The lowest BCUT2D eigenvalue weighted by molar-refractivity contribution is -0.174. The minimum atomic E-state index is -4.27. The number of ether oxygens (including phenoxy) is 2. The Kier molecular flexibility index (Phi) is 6.11. The van der Waals surface area contributed by atoms with Crippen molar-refractivity contribution >= 4 is 0 Å². The van der Waals surface area contributed by atoms with Crippen molar-refractivity contribution in [1.29, 1.82) is 0 Å². The lowest BCUT2D eigenvalue weighted by Gasteiger charge is -2.10. The van der Waals surface area contributed by atoms with Crippen molar-refractivity contribution < 1.29 is 22.6 Å². The van der Waals surface area contributed by atoms with Crippen LogP contribution < -0.4 is 10.5 Å². The Morgan fingerprint density at radius 3 is 2.63 bits per heavy atom. The van der Waals surface area contributed by atoms with E-state index in [1.807, 2.05) is 25.1 Å². The number of rotatable bonds is 7.